The number of hydrogen-bond acceptors (Lipinski definition) is 3. The van der Waals surface area contributed by atoms with Crippen LogP contribution in [0.15, 0.2) is 42.7 Å². The molecule has 0 saturated carbocycles. The summed E-state index contributed by atoms with van der Waals surface area (Å²) in [6.45, 7) is 0.698. The second kappa shape index (κ2) is 5.36. The first-order valence-electron chi connectivity index (χ1n) is 5.85. The molecule has 0 radical (unpaired) electrons. The maximum absolute atomic E-state index is 11.2. The fraction of sp³-hybridized carbons (Fsp3) is 0.231. The zero-order valence-electron chi connectivity index (χ0n) is 10.9. The SMILES string of the molecule is Cn1ccc(CNc2cccc(NS(C)(=O)=O)c2)c1. The molecule has 1 heterocycles. The Hall–Kier alpha value is -1.95. The molecule has 19 heavy (non-hydrogen) atoms. The summed E-state index contributed by atoms with van der Waals surface area (Å²) in [6.07, 6.45) is 5.15. The van der Waals surface area contributed by atoms with Gasteiger partial charge in [0.1, 0.15) is 0 Å². The van der Waals surface area contributed by atoms with Crippen molar-refractivity contribution in [2.24, 2.45) is 7.05 Å². The molecule has 0 aliphatic rings. The van der Waals surface area contributed by atoms with Crippen molar-refractivity contribution in [2.75, 3.05) is 16.3 Å². The van der Waals surface area contributed by atoms with E-state index in [0.29, 0.717) is 12.2 Å². The molecule has 5 nitrogen and oxygen atoms in total. The first-order valence-corrected chi connectivity index (χ1v) is 7.74. The third-order valence-corrected chi connectivity index (χ3v) is 3.16. The van der Waals surface area contributed by atoms with Gasteiger partial charge in [0.05, 0.1) is 11.9 Å². The van der Waals surface area contributed by atoms with Crippen molar-refractivity contribution < 1.29 is 8.42 Å². The standard InChI is InChI=1S/C13H17N3O2S/c1-16-7-6-11(10-16)9-14-12-4-3-5-13(8-12)15-19(2,17)18/h3-8,10,14-15H,9H2,1-2H3. The maximum atomic E-state index is 11.2. The van der Waals surface area contributed by atoms with Crippen LogP contribution >= 0.6 is 0 Å². The highest BCUT2D eigenvalue weighted by Gasteiger charge is 2.02. The van der Waals surface area contributed by atoms with E-state index in [4.69, 9.17) is 0 Å². The Morgan fingerprint density at radius 2 is 1.95 bits per heavy atom. The number of nitrogens with one attached hydrogen (secondary N) is 2. The lowest BCUT2D eigenvalue weighted by Gasteiger charge is -2.08. The van der Waals surface area contributed by atoms with Crippen LogP contribution in [0.1, 0.15) is 5.56 Å². The lowest BCUT2D eigenvalue weighted by Crippen LogP contribution is -2.09. The van der Waals surface area contributed by atoms with Gasteiger partial charge < -0.3 is 9.88 Å². The van der Waals surface area contributed by atoms with Crippen molar-refractivity contribution in [3.05, 3.63) is 48.3 Å². The summed E-state index contributed by atoms with van der Waals surface area (Å²) in [5.41, 5.74) is 2.60. The van der Waals surface area contributed by atoms with Gasteiger partial charge in [0.25, 0.3) is 0 Å². The Bertz CT molecular complexity index is 662. The predicted octanol–water partition coefficient (Wildman–Crippen LogP) is 2.01. The van der Waals surface area contributed by atoms with Gasteiger partial charge in [-0.1, -0.05) is 6.07 Å². The van der Waals surface area contributed by atoms with Crippen molar-refractivity contribution in [1.82, 2.24) is 4.57 Å². The molecule has 6 heteroatoms. The second-order valence-corrected chi connectivity index (χ2v) is 6.24. The van der Waals surface area contributed by atoms with E-state index in [9.17, 15) is 8.42 Å². The molecule has 2 rings (SSSR count). The topological polar surface area (TPSA) is 63.1 Å². The summed E-state index contributed by atoms with van der Waals surface area (Å²) >= 11 is 0. The van der Waals surface area contributed by atoms with Crippen LogP contribution < -0.4 is 10.0 Å². The molecule has 2 N–H and O–H groups in total. The number of rotatable bonds is 5. The normalized spacial score (nSPS) is 11.3. The molecular weight excluding hydrogens is 262 g/mol. The molecule has 1 aromatic heterocycles. The maximum Gasteiger partial charge on any atom is 0.229 e. The van der Waals surface area contributed by atoms with Crippen LogP contribution in [0, 0.1) is 0 Å². The van der Waals surface area contributed by atoms with Gasteiger partial charge in [0.2, 0.25) is 10.0 Å². The summed E-state index contributed by atoms with van der Waals surface area (Å²) in [7, 11) is -1.27. The Morgan fingerprint density at radius 3 is 2.58 bits per heavy atom. The largest absolute Gasteiger partial charge is 0.381 e. The summed E-state index contributed by atoms with van der Waals surface area (Å²) < 4.78 is 26.8. The van der Waals surface area contributed by atoms with Gasteiger partial charge in [0.15, 0.2) is 0 Å². The molecule has 0 fully saturated rings. The lowest BCUT2D eigenvalue weighted by atomic mass is 10.2. The molecule has 0 saturated heterocycles. The van der Waals surface area contributed by atoms with Crippen LogP contribution in [0.5, 0.6) is 0 Å². The first-order chi connectivity index (χ1) is 8.92. The summed E-state index contributed by atoms with van der Waals surface area (Å²) in [6, 6.07) is 9.22. The number of sulfonamides is 1. The quantitative estimate of drug-likeness (QED) is 0.880. The number of aromatic nitrogens is 1. The van der Waals surface area contributed by atoms with Crippen LogP contribution in [0.4, 0.5) is 11.4 Å². The smallest absolute Gasteiger partial charge is 0.229 e. The Morgan fingerprint density at radius 1 is 1.21 bits per heavy atom. The highest BCUT2D eigenvalue weighted by atomic mass is 32.2. The number of anilines is 2. The van der Waals surface area contributed by atoms with Gasteiger partial charge in [-0.25, -0.2) is 8.42 Å². The Labute approximate surface area is 113 Å². The van der Waals surface area contributed by atoms with Gasteiger partial charge in [-0.3, -0.25) is 4.72 Å². The fourth-order valence-electron chi connectivity index (χ4n) is 1.78. The van der Waals surface area contributed by atoms with Crippen LogP contribution in [-0.4, -0.2) is 19.2 Å². The van der Waals surface area contributed by atoms with E-state index in [0.717, 1.165) is 11.9 Å². The minimum Gasteiger partial charge on any atom is -0.381 e. The Kier molecular flexibility index (Phi) is 3.80. The molecule has 1 aromatic carbocycles. The van der Waals surface area contributed by atoms with Gasteiger partial charge in [0, 0.05) is 31.7 Å². The minimum absolute atomic E-state index is 0.556. The van der Waals surface area contributed by atoms with Gasteiger partial charge in [-0.2, -0.15) is 0 Å². The van der Waals surface area contributed by atoms with Crippen LogP contribution in [0.25, 0.3) is 0 Å². The average Bonchev–Trinajstić information content (AvgIpc) is 2.71. The third kappa shape index (κ3) is 4.33. The zero-order chi connectivity index (χ0) is 13.9. The summed E-state index contributed by atoms with van der Waals surface area (Å²) in [5, 5.41) is 3.25. The fourth-order valence-corrected chi connectivity index (χ4v) is 2.33. The minimum atomic E-state index is -3.24. The molecule has 0 unspecified atom stereocenters. The zero-order valence-corrected chi connectivity index (χ0v) is 11.7. The molecule has 0 aliphatic heterocycles. The summed E-state index contributed by atoms with van der Waals surface area (Å²) in [4.78, 5) is 0. The van der Waals surface area contributed by atoms with Gasteiger partial charge in [-0.05, 0) is 29.8 Å². The first kappa shape index (κ1) is 13.5. The molecule has 0 spiro atoms. The monoisotopic (exact) mass is 279 g/mol. The van der Waals surface area contributed by atoms with Gasteiger partial charge in [-0.15, -0.1) is 0 Å². The van der Waals surface area contributed by atoms with Crippen LogP contribution in [0.2, 0.25) is 0 Å². The number of benzene rings is 1. The van der Waals surface area contributed by atoms with Crippen molar-refractivity contribution in [3.8, 4) is 0 Å². The van der Waals surface area contributed by atoms with E-state index < -0.39 is 10.0 Å². The van der Waals surface area contributed by atoms with Gasteiger partial charge >= 0.3 is 0 Å². The summed E-state index contributed by atoms with van der Waals surface area (Å²) in [5.74, 6) is 0. The van der Waals surface area contributed by atoms with E-state index >= 15 is 0 Å². The number of hydrogen-bond donors (Lipinski definition) is 2. The number of nitrogens with zero attached hydrogens (tertiary/aromatic N) is 1. The van der Waals surface area contributed by atoms with E-state index in [1.165, 1.54) is 5.56 Å². The van der Waals surface area contributed by atoms with E-state index in [-0.39, 0.29) is 0 Å². The molecule has 0 bridgehead atoms. The number of aryl methyl sites for hydroxylation is 1. The highest BCUT2D eigenvalue weighted by Crippen LogP contribution is 2.16. The van der Waals surface area contributed by atoms with Crippen molar-refractivity contribution in [1.29, 1.82) is 0 Å². The third-order valence-electron chi connectivity index (χ3n) is 2.56. The molecule has 0 aliphatic carbocycles. The predicted molar refractivity (Wildman–Crippen MR) is 77.6 cm³/mol. The molecular formula is C13H17N3O2S. The molecule has 2 aromatic rings. The Balaban J connectivity index is 2.03. The molecule has 102 valence electrons. The highest BCUT2D eigenvalue weighted by molar-refractivity contribution is 7.92. The van der Waals surface area contributed by atoms with Crippen LogP contribution in [-0.2, 0) is 23.6 Å². The van der Waals surface area contributed by atoms with Crippen LogP contribution in [0.3, 0.4) is 0 Å². The van der Waals surface area contributed by atoms with Crippen molar-refractivity contribution in [2.45, 2.75) is 6.54 Å². The second-order valence-electron chi connectivity index (χ2n) is 4.49. The lowest BCUT2D eigenvalue weighted by molar-refractivity contribution is 0.607. The molecule has 0 atom stereocenters. The van der Waals surface area contributed by atoms with E-state index in [1.54, 1.807) is 18.2 Å². The van der Waals surface area contributed by atoms with E-state index in [2.05, 4.69) is 10.0 Å². The molecule has 0 amide bonds. The van der Waals surface area contributed by atoms with Crippen molar-refractivity contribution in [3.63, 3.8) is 0 Å². The average molecular weight is 279 g/mol. The van der Waals surface area contributed by atoms with E-state index in [1.807, 2.05) is 36.1 Å². The van der Waals surface area contributed by atoms with Crippen molar-refractivity contribution >= 4 is 21.4 Å².